The minimum atomic E-state index is -0.217. The number of phenolic OH excluding ortho intramolecular Hbond substituents is 4. The third-order valence-corrected chi connectivity index (χ3v) is 4.53. The molecular weight excluding hydrogens is 316 g/mol. The Morgan fingerprint density at radius 3 is 1.36 bits per heavy atom. The van der Waals surface area contributed by atoms with E-state index < -0.39 is 0 Å². The lowest BCUT2D eigenvalue weighted by Crippen LogP contribution is -1.92. The standard InChI is InChI=1S/C21H16O4/c22-18-14(9-12-5-1-3-7-16(12)20(18)24)11-15-10-13-6-2-4-8-17(13)21(25)19(15)23/h1-10,22-25H,11H2. The van der Waals surface area contributed by atoms with Gasteiger partial charge >= 0.3 is 0 Å². The first-order chi connectivity index (χ1) is 12.1. The Labute approximate surface area is 143 Å². The Morgan fingerprint density at radius 1 is 0.520 bits per heavy atom. The summed E-state index contributed by atoms with van der Waals surface area (Å²) in [5.41, 5.74) is 0.947. The molecule has 4 aromatic rings. The fourth-order valence-electron chi connectivity index (χ4n) is 3.22. The molecule has 0 bridgehead atoms. The van der Waals surface area contributed by atoms with E-state index in [-0.39, 0.29) is 29.4 Å². The van der Waals surface area contributed by atoms with Crippen molar-refractivity contribution in [2.75, 3.05) is 0 Å². The number of rotatable bonds is 2. The van der Waals surface area contributed by atoms with E-state index in [1.165, 1.54) is 0 Å². The number of fused-ring (bicyclic) bond motifs is 2. The lowest BCUT2D eigenvalue weighted by atomic mass is 9.96. The predicted octanol–water partition coefficient (Wildman–Crippen LogP) is 4.41. The highest BCUT2D eigenvalue weighted by Gasteiger charge is 2.16. The number of aromatic hydroxyl groups is 4. The Hall–Kier alpha value is -3.40. The molecule has 0 aromatic heterocycles. The quantitative estimate of drug-likeness (QED) is 0.410. The molecule has 4 N–H and O–H groups in total. The summed E-state index contributed by atoms with van der Waals surface area (Å²) in [5, 5.41) is 43.9. The first-order valence-corrected chi connectivity index (χ1v) is 7.91. The van der Waals surface area contributed by atoms with Gasteiger partial charge in [0, 0.05) is 28.3 Å². The van der Waals surface area contributed by atoms with Crippen molar-refractivity contribution in [1.82, 2.24) is 0 Å². The average molecular weight is 332 g/mol. The molecule has 0 spiro atoms. The summed E-state index contributed by atoms with van der Waals surface area (Å²) in [4.78, 5) is 0. The van der Waals surface area contributed by atoms with Crippen LogP contribution >= 0.6 is 0 Å². The largest absolute Gasteiger partial charge is 0.504 e. The van der Waals surface area contributed by atoms with Crippen molar-refractivity contribution >= 4 is 21.5 Å². The predicted molar refractivity (Wildman–Crippen MR) is 97.4 cm³/mol. The molecule has 4 nitrogen and oxygen atoms in total. The normalized spacial score (nSPS) is 11.2. The average Bonchev–Trinajstić information content (AvgIpc) is 2.63. The lowest BCUT2D eigenvalue weighted by molar-refractivity contribution is 0.400. The fourth-order valence-corrected chi connectivity index (χ4v) is 3.22. The molecule has 4 rings (SSSR count). The molecule has 0 amide bonds. The summed E-state index contributed by atoms with van der Waals surface area (Å²) in [6.45, 7) is 0. The van der Waals surface area contributed by atoms with E-state index in [1.807, 2.05) is 24.3 Å². The monoisotopic (exact) mass is 332 g/mol. The smallest absolute Gasteiger partial charge is 0.165 e. The number of benzene rings is 4. The van der Waals surface area contributed by atoms with Gasteiger partial charge in [-0.15, -0.1) is 0 Å². The lowest BCUT2D eigenvalue weighted by Gasteiger charge is -2.13. The molecule has 0 unspecified atom stereocenters. The summed E-state index contributed by atoms with van der Waals surface area (Å²) < 4.78 is 0. The fraction of sp³-hybridized carbons (Fsp3) is 0.0476. The van der Waals surface area contributed by atoms with E-state index in [1.54, 1.807) is 36.4 Å². The molecular formula is C21H16O4. The maximum absolute atomic E-state index is 10.3. The SMILES string of the molecule is Oc1c(Cc2cc3ccccc3c(O)c2O)cc2ccccc2c1O. The Morgan fingerprint density at radius 2 is 0.920 bits per heavy atom. The zero-order valence-corrected chi connectivity index (χ0v) is 13.3. The molecule has 0 saturated carbocycles. The van der Waals surface area contributed by atoms with E-state index in [0.717, 1.165) is 10.8 Å². The molecule has 0 aliphatic carbocycles. The van der Waals surface area contributed by atoms with Crippen molar-refractivity contribution < 1.29 is 20.4 Å². The summed E-state index contributed by atoms with van der Waals surface area (Å²) in [6, 6.07) is 18.0. The highest BCUT2D eigenvalue weighted by atomic mass is 16.3. The highest BCUT2D eigenvalue weighted by Crippen LogP contribution is 2.42. The van der Waals surface area contributed by atoms with Gasteiger partial charge in [-0.25, -0.2) is 0 Å². The van der Waals surface area contributed by atoms with E-state index in [0.29, 0.717) is 21.9 Å². The molecule has 0 saturated heterocycles. The molecule has 25 heavy (non-hydrogen) atoms. The van der Waals surface area contributed by atoms with Crippen molar-refractivity contribution in [2.24, 2.45) is 0 Å². The number of hydrogen-bond donors (Lipinski definition) is 4. The van der Waals surface area contributed by atoms with Crippen LogP contribution in [-0.2, 0) is 6.42 Å². The van der Waals surface area contributed by atoms with Gasteiger partial charge < -0.3 is 20.4 Å². The van der Waals surface area contributed by atoms with Gasteiger partial charge in [0.2, 0.25) is 0 Å². The van der Waals surface area contributed by atoms with Crippen LogP contribution in [0.5, 0.6) is 23.0 Å². The van der Waals surface area contributed by atoms with Crippen molar-refractivity contribution in [1.29, 1.82) is 0 Å². The third-order valence-electron chi connectivity index (χ3n) is 4.53. The van der Waals surface area contributed by atoms with Crippen LogP contribution in [0, 0.1) is 0 Å². The van der Waals surface area contributed by atoms with Crippen molar-refractivity contribution in [3.63, 3.8) is 0 Å². The van der Waals surface area contributed by atoms with Crippen LogP contribution in [0.25, 0.3) is 21.5 Å². The van der Waals surface area contributed by atoms with E-state index >= 15 is 0 Å². The Bertz CT molecular complexity index is 1030. The topological polar surface area (TPSA) is 80.9 Å². The summed E-state index contributed by atoms with van der Waals surface area (Å²) >= 11 is 0. The molecule has 124 valence electrons. The Balaban J connectivity index is 1.88. The molecule has 0 aliphatic heterocycles. The van der Waals surface area contributed by atoms with Crippen LogP contribution in [0.3, 0.4) is 0 Å². The molecule has 0 radical (unpaired) electrons. The van der Waals surface area contributed by atoms with Gasteiger partial charge in [0.25, 0.3) is 0 Å². The van der Waals surface area contributed by atoms with Crippen LogP contribution in [0.4, 0.5) is 0 Å². The minimum absolute atomic E-state index is 0.175. The van der Waals surface area contributed by atoms with Crippen LogP contribution in [0.15, 0.2) is 60.7 Å². The molecule has 4 aromatic carbocycles. The first-order valence-electron chi connectivity index (χ1n) is 7.91. The van der Waals surface area contributed by atoms with E-state index in [4.69, 9.17) is 0 Å². The van der Waals surface area contributed by atoms with Gasteiger partial charge in [0.1, 0.15) is 0 Å². The molecule has 4 heteroatoms. The van der Waals surface area contributed by atoms with E-state index in [2.05, 4.69) is 0 Å². The summed E-state index contributed by atoms with van der Waals surface area (Å²) in [5.74, 6) is -0.799. The van der Waals surface area contributed by atoms with Crippen molar-refractivity contribution in [3.05, 3.63) is 71.8 Å². The van der Waals surface area contributed by atoms with Gasteiger partial charge in [-0.2, -0.15) is 0 Å². The zero-order valence-electron chi connectivity index (χ0n) is 13.3. The molecule has 0 fully saturated rings. The summed E-state index contributed by atoms with van der Waals surface area (Å²) in [6.07, 6.45) is 0.175. The van der Waals surface area contributed by atoms with Gasteiger partial charge in [-0.05, 0) is 22.9 Å². The number of hydrogen-bond acceptors (Lipinski definition) is 4. The molecule has 0 atom stereocenters. The first kappa shape index (κ1) is 15.1. The second-order valence-electron chi connectivity index (χ2n) is 6.08. The van der Waals surface area contributed by atoms with Gasteiger partial charge in [0.15, 0.2) is 23.0 Å². The Kier molecular flexibility index (Phi) is 3.39. The second-order valence-corrected chi connectivity index (χ2v) is 6.08. The number of phenols is 4. The van der Waals surface area contributed by atoms with Crippen LogP contribution in [0.2, 0.25) is 0 Å². The highest BCUT2D eigenvalue weighted by molar-refractivity contribution is 5.93. The molecule has 0 heterocycles. The van der Waals surface area contributed by atoms with Crippen LogP contribution < -0.4 is 0 Å². The maximum Gasteiger partial charge on any atom is 0.165 e. The van der Waals surface area contributed by atoms with Crippen LogP contribution in [-0.4, -0.2) is 20.4 Å². The minimum Gasteiger partial charge on any atom is -0.504 e. The van der Waals surface area contributed by atoms with Crippen LogP contribution in [0.1, 0.15) is 11.1 Å². The molecule has 0 aliphatic rings. The van der Waals surface area contributed by atoms with Crippen molar-refractivity contribution in [2.45, 2.75) is 6.42 Å². The second kappa shape index (κ2) is 5.60. The van der Waals surface area contributed by atoms with Gasteiger partial charge in [-0.1, -0.05) is 48.5 Å². The van der Waals surface area contributed by atoms with Crippen molar-refractivity contribution in [3.8, 4) is 23.0 Å². The zero-order chi connectivity index (χ0) is 17.6. The van der Waals surface area contributed by atoms with Gasteiger partial charge in [0.05, 0.1) is 0 Å². The van der Waals surface area contributed by atoms with E-state index in [9.17, 15) is 20.4 Å². The van der Waals surface area contributed by atoms with Gasteiger partial charge in [-0.3, -0.25) is 0 Å². The third kappa shape index (κ3) is 2.39. The maximum atomic E-state index is 10.3. The summed E-state index contributed by atoms with van der Waals surface area (Å²) in [7, 11) is 0.